The van der Waals surface area contributed by atoms with Gasteiger partial charge in [-0.1, -0.05) is 0 Å². The molecule has 52 heavy (non-hydrogen) atoms. The Morgan fingerprint density at radius 2 is 1.90 bits per heavy atom. The Morgan fingerprint density at radius 1 is 1.17 bits per heavy atom. The van der Waals surface area contributed by atoms with Crippen molar-refractivity contribution in [2.45, 2.75) is 75.6 Å². The number of amides is 1. The van der Waals surface area contributed by atoms with Gasteiger partial charge in [0, 0.05) is 44.1 Å². The van der Waals surface area contributed by atoms with E-state index in [1.54, 1.807) is 27.8 Å². The fourth-order valence-corrected chi connectivity index (χ4v) is 8.61. The van der Waals surface area contributed by atoms with Crippen molar-refractivity contribution < 1.29 is 41.0 Å². The first-order valence-electron chi connectivity index (χ1n) is 17.3. The zero-order chi connectivity index (χ0) is 37.4. The van der Waals surface area contributed by atoms with Gasteiger partial charge in [0.05, 0.1) is 43.3 Å². The molecule has 3 aromatic rings. The number of anilines is 1. The molecule has 3 aliphatic rings. The van der Waals surface area contributed by atoms with Gasteiger partial charge in [-0.15, -0.1) is 0 Å². The lowest BCUT2D eigenvalue weighted by molar-refractivity contribution is -0.239. The number of nitrogens with one attached hydrogen (secondary N) is 1. The van der Waals surface area contributed by atoms with Crippen molar-refractivity contribution in [2.75, 3.05) is 50.8 Å². The van der Waals surface area contributed by atoms with E-state index >= 15 is 0 Å². The molecule has 14 nitrogen and oxygen atoms in total. The maximum atomic E-state index is 14.3. The number of halogens is 3. The predicted molar refractivity (Wildman–Crippen MR) is 183 cm³/mol. The van der Waals surface area contributed by atoms with Crippen molar-refractivity contribution in [3.8, 4) is 11.5 Å². The van der Waals surface area contributed by atoms with Crippen LogP contribution in [0.3, 0.4) is 0 Å². The number of hydrogen-bond acceptors (Lipinski definition) is 11. The summed E-state index contributed by atoms with van der Waals surface area (Å²) in [5.41, 5.74) is 0.352. The summed E-state index contributed by atoms with van der Waals surface area (Å²) < 4.78 is 82.8. The van der Waals surface area contributed by atoms with E-state index in [1.807, 2.05) is 4.90 Å². The summed E-state index contributed by atoms with van der Waals surface area (Å²) in [6, 6.07) is 2.38. The van der Waals surface area contributed by atoms with Crippen molar-refractivity contribution in [1.82, 2.24) is 34.3 Å². The summed E-state index contributed by atoms with van der Waals surface area (Å²) >= 11 is 0. The fraction of sp³-hybridized carbons (Fsp3) is 0.588. The number of β-amino-alcohol motifs (C(OH)–C–C–N with tert-alkyl or cyclic N) is 1. The second-order valence-electron chi connectivity index (χ2n) is 14.4. The lowest BCUT2D eigenvalue weighted by Gasteiger charge is -2.55. The molecule has 0 unspecified atom stereocenters. The number of aromatic nitrogens is 4. The Morgan fingerprint density at radius 3 is 2.52 bits per heavy atom. The SMILES string of the molecule is Cc1c(S(=O)(=O)N[C@@H]2CC[C@](O)(CN3CCC4(CC3)CN(c3ncncc3Oc3ccc(F)cc3C(=O)N(CC(F)F)C(C)C)C4)OC2)cnn1C. The first-order valence-corrected chi connectivity index (χ1v) is 18.8. The molecule has 2 atom stereocenters. The lowest BCUT2D eigenvalue weighted by Crippen LogP contribution is -2.62. The van der Waals surface area contributed by atoms with Crippen molar-refractivity contribution in [2.24, 2.45) is 12.5 Å². The highest BCUT2D eigenvalue weighted by Crippen LogP contribution is 2.45. The van der Waals surface area contributed by atoms with Gasteiger partial charge >= 0.3 is 0 Å². The number of aryl methyl sites for hydroxylation is 1. The number of carbonyl (C=O) groups is 1. The molecule has 3 fully saturated rings. The van der Waals surface area contributed by atoms with Crippen molar-refractivity contribution in [3.05, 3.63) is 54.0 Å². The first kappa shape index (κ1) is 37.9. The Balaban J connectivity index is 1.03. The van der Waals surface area contributed by atoms with Crippen LogP contribution in [0.4, 0.5) is 19.0 Å². The molecule has 6 rings (SSSR count). The minimum absolute atomic E-state index is 0.00101. The van der Waals surface area contributed by atoms with Gasteiger partial charge in [0.1, 0.15) is 22.8 Å². The quantitative estimate of drug-likeness (QED) is 0.280. The van der Waals surface area contributed by atoms with Crippen LogP contribution in [-0.2, 0) is 21.8 Å². The first-order chi connectivity index (χ1) is 24.6. The third-order valence-electron chi connectivity index (χ3n) is 10.2. The molecule has 2 aromatic heterocycles. The second kappa shape index (κ2) is 14.9. The molecule has 0 bridgehead atoms. The van der Waals surface area contributed by atoms with Crippen LogP contribution in [0.15, 0.2) is 41.8 Å². The monoisotopic (exact) mass is 750 g/mol. The van der Waals surface area contributed by atoms with Crippen molar-refractivity contribution in [3.63, 3.8) is 0 Å². The minimum atomic E-state index is -3.78. The van der Waals surface area contributed by atoms with Gasteiger partial charge in [0.15, 0.2) is 17.4 Å². The average molecular weight is 751 g/mol. The summed E-state index contributed by atoms with van der Waals surface area (Å²) in [6.07, 6.45) is 3.81. The van der Waals surface area contributed by atoms with Crippen LogP contribution < -0.4 is 14.4 Å². The van der Waals surface area contributed by atoms with E-state index in [-0.39, 0.29) is 40.4 Å². The maximum Gasteiger partial charge on any atom is 0.258 e. The summed E-state index contributed by atoms with van der Waals surface area (Å²) in [5, 5.41) is 15.3. The molecule has 1 aromatic carbocycles. The summed E-state index contributed by atoms with van der Waals surface area (Å²) in [4.78, 5) is 27.1. The van der Waals surface area contributed by atoms with Gasteiger partial charge in [-0.2, -0.15) is 5.10 Å². The fourth-order valence-electron chi connectivity index (χ4n) is 7.15. The molecule has 0 radical (unpaired) electrons. The van der Waals surface area contributed by atoms with E-state index in [0.29, 0.717) is 37.6 Å². The second-order valence-corrected chi connectivity index (χ2v) is 16.0. The number of likely N-dealkylation sites (tertiary alicyclic amines) is 1. The van der Waals surface area contributed by atoms with E-state index < -0.39 is 52.6 Å². The molecule has 3 saturated heterocycles. The van der Waals surface area contributed by atoms with Gasteiger partial charge < -0.3 is 24.4 Å². The van der Waals surface area contributed by atoms with Gasteiger partial charge in [-0.05, 0) is 71.3 Å². The number of nitrogens with zero attached hydrogens (tertiary/aromatic N) is 7. The number of sulfonamides is 1. The largest absolute Gasteiger partial charge is 0.451 e. The number of carbonyl (C=O) groups excluding carboxylic acids is 1. The molecule has 0 saturated carbocycles. The third kappa shape index (κ3) is 8.20. The van der Waals surface area contributed by atoms with E-state index in [2.05, 4.69) is 24.7 Å². The normalized spacial score (nSPS) is 22.2. The molecule has 5 heterocycles. The van der Waals surface area contributed by atoms with Crippen LogP contribution in [0.2, 0.25) is 0 Å². The molecule has 18 heteroatoms. The molecule has 284 valence electrons. The highest BCUT2D eigenvalue weighted by atomic mass is 32.2. The van der Waals surface area contributed by atoms with E-state index in [9.17, 15) is 31.5 Å². The van der Waals surface area contributed by atoms with Crippen molar-refractivity contribution in [1.29, 1.82) is 0 Å². The highest BCUT2D eigenvalue weighted by Gasteiger charge is 2.47. The number of piperidine rings is 1. The third-order valence-corrected chi connectivity index (χ3v) is 11.9. The van der Waals surface area contributed by atoms with Crippen LogP contribution in [0.1, 0.15) is 55.6 Å². The average Bonchev–Trinajstić information content (AvgIpc) is 3.43. The molecule has 1 amide bonds. The molecule has 0 aliphatic carbocycles. The Hall–Kier alpha value is -3.84. The van der Waals surface area contributed by atoms with E-state index in [4.69, 9.17) is 9.47 Å². The van der Waals surface area contributed by atoms with Gasteiger partial charge in [-0.3, -0.25) is 14.4 Å². The van der Waals surface area contributed by atoms with Gasteiger partial charge in [0.25, 0.3) is 12.3 Å². The Labute approximate surface area is 301 Å². The van der Waals surface area contributed by atoms with Gasteiger partial charge in [0.2, 0.25) is 10.0 Å². The zero-order valence-corrected chi connectivity index (χ0v) is 30.5. The molecular formula is C34H45F3N8O6S. The summed E-state index contributed by atoms with van der Waals surface area (Å²) in [5.74, 6) is -2.13. The summed E-state index contributed by atoms with van der Waals surface area (Å²) in [7, 11) is -2.10. The number of ether oxygens (including phenoxy) is 2. The number of alkyl halides is 2. The molecular weight excluding hydrogens is 705 g/mol. The smallest absolute Gasteiger partial charge is 0.258 e. The maximum absolute atomic E-state index is 14.3. The van der Waals surface area contributed by atoms with Crippen LogP contribution >= 0.6 is 0 Å². The predicted octanol–water partition coefficient (Wildman–Crippen LogP) is 3.31. The topological polar surface area (TPSA) is 155 Å². The summed E-state index contributed by atoms with van der Waals surface area (Å²) in [6.45, 7) is 7.27. The van der Waals surface area contributed by atoms with Crippen LogP contribution in [0, 0.1) is 18.2 Å². The Bertz CT molecular complexity index is 1850. The van der Waals surface area contributed by atoms with Crippen LogP contribution in [-0.4, -0.2) is 119 Å². The number of rotatable bonds is 12. The Kier molecular flexibility index (Phi) is 10.9. The zero-order valence-electron chi connectivity index (χ0n) is 29.6. The number of benzene rings is 1. The van der Waals surface area contributed by atoms with Crippen LogP contribution in [0.5, 0.6) is 11.5 Å². The lowest BCUT2D eigenvalue weighted by atomic mass is 9.72. The molecule has 1 spiro atoms. The van der Waals surface area contributed by atoms with E-state index in [1.165, 1.54) is 29.5 Å². The van der Waals surface area contributed by atoms with E-state index in [0.717, 1.165) is 43.0 Å². The standard InChI is InChI=1S/C34H45F3N8O6S/c1-22(2)45(16-30(36)37)32(46)26-13-24(35)5-6-27(26)51-28-14-38-21-39-31(28)44-18-33(19-44)9-11-43(12-10-33)20-34(47)8-7-25(17-50-34)41-52(48,49)29-15-40-42(4)23(29)3/h5-6,13-15,21-22,25,30,41,47H,7-12,16-20H2,1-4H3/t25-,34-/m1/s1. The number of aliphatic hydroxyl groups is 1. The minimum Gasteiger partial charge on any atom is -0.451 e. The molecule has 2 N–H and O–H groups in total. The highest BCUT2D eigenvalue weighted by molar-refractivity contribution is 7.89. The number of hydrogen-bond donors (Lipinski definition) is 2. The van der Waals surface area contributed by atoms with Crippen molar-refractivity contribution >= 4 is 21.7 Å². The van der Waals surface area contributed by atoms with Gasteiger partial charge in [-0.25, -0.2) is 36.3 Å². The van der Waals surface area contributed by atoms with Crippen LogP contribution in [0.25, 0.3) is 0 Å². The molecule has 3 aliphatic heterocycles.